The first-order valence-electron chi connectivity index (χ1n) is 3.06. The highest BCUT2D eigenvalue weighted by molar-refractivity contribution is 6.08. The van der Waals surface area contributed by atoms with Crippen molar-refractivity contribution in [2.24, 2.45) is 0 Å². The third kappa shape index (κ3) is 2.55. The first kappa shape index (κ1) is 11.0. The number of rotatable bonds is 3. The Kier molecular flexibility index (Phi) is 4.38. The SMILES string of the molecule is BOC(=O)C(O)C(O)C(=O)OB. The molecule has 8 heteroatoms. The fourth-order valence-electron chi connectivity index (χ4n) is 0.499. The molecule has 0 aliphatic carbocycles. The summed E-state index contributed by atoms with van der Waals surface area (Å²) < 4.78 is 8.14. The molecule has 0 rings (SSSR count). The van der Waals surface area contributed by atoms with Gasteiger partial charge in [-0.05, 0) is 0 Å². The van der Waals surface area contributed by atoms with Crippen LogP contribution in [0.15, 0.2) is 0 Å². The van der Waals surface area contributed by atoms with Crippen LogP contribution in [-0.2, 0) is 18.9 Å². The highest BCUT2D eigenvalue weighted by atomic mass is 16.5. The van der Waals surface area contributed by atoms with Gasteiger partial charge in [-0.25, -0.2) is 0 Å². The quantitative estimate of drug-likeness (QED) is 0.422. The van der Waals surface area contributed by atoms with Crippen molar-refractivity contribution in [3.05, 3.63) is 0 Å². The van der Waals surface area contributed by atoms with E-state index in [1.54, 1.807) is 0 Å². The monoisotopic (exact) mass is 174 g/mol. The second-order valence-corrected chi connectivity index (χ2v) is 1.94. The smallest absolute Gasteiger partial charge is 0.326 e. The maximum atomic E-state index is 10.5. The van der Waals surface area contributed by atoms with Crippen LogP contribution < -0.4 is 0 Å². The zero-order chi connectivity index (χ0) is 9.72. The molecule has 0 radical (unpaired) electrons. The van der Waals surface area contributed by atoms with Crippen molar-refractivity contribution in [1.29, 1.82) is 0 Å². The molecule has 66 valence electrons. The van der Waals surface area contributed by atoms with Crippen LogP contribution in [0.3, 0.4) is 0 Å². The van der Waals surface area contributed by atoms with Crippen LogP contribution in [0.1, 0.15) is 0 Å². The van der Waals surface area contributed by atoms with Gasteiger partial charge in [0.25, 0.3) is 0 Å². The van der Waals surface area contributed by atoms with E-state index in [2.05, 4.69) is 9.31 Å². The lowest BCUT2D eigenvalue weighted by Crippen LogP contribution is -2.41. The van der Waals surface area contributed by atoms with Gasteiger partial charge in [0.2, 0.25) is 0 Å². The summed E-state index contributed by atoms with van der Waals surface area (Å²) in [5, 5.41) is 17.7. The van der Waals surface area contributed by atoms with Gasteiger partial charge < -0.3 is 19.5 Å². The van der Waals surface area contributed by atoms with Crippen molar-refractivity contribution < 1.29 is 29.1 Å². The average molecular weight is 174 g/mol. The van der Waals surface area contributed by atoms with Gasteiger partial charge >= 0.3 is 28.0 Å². The second kappa shape index (κ2) is 4.78. The lowest BCUT2D eigenvalue weighted by molar-refractivity contribution is -0.162. The third-order valence-electron chi connectivity index (χ3n) is 1.18. The molecule has 0 aliphatic rings. The highest BCUT2D eigenvalue weighted by Crippen LogP contribution is 1.97. The minimum atomic E-state index is -1.90. The summed E-state index contributed by atoms with van der Waals surface area (Å²) in [6.07, 6.45) is -3.80. The van der Waals surface area contributed by atoms with Crippen molar-refractivity contribution in [2.75, 3.05) is 0 Å². The van der Waals surface area contributed by atoms with Crippen molar-refractivity contribution in [1.82, 2.24) is 0 Å². The number of carbonyl (C=O) groups is 2. The molecule has 0 aromatic heterocycles. The molecule has 0 heterocycles. The van der Waals surface area contributed by atoms with E-state index in [0.717, 1.165) is 16.1 Å². The van der Waals surface area contributed by atoms with E-state index in [4.69, 9.17) is 10.2 Å². The van der Waals surface area contributed by atoms with Crippen LogP contribution in [0, 0.1) is 0 Å². The van der Waals surface area contributed by atoms with Gasteiger partial charge in [0.1, 0.15) is 0 Å². The Morgan fingerprint density at radius 3 is 1.42 bits per heavy atom. The number of aliphatic hydroxyl groups excluding tert-OH is 2. The molecule has 0 bridgehead atoms. The molecule has 0 amide bonds. The van der Waals surface area contributed by atoms with Gasteiger partial charge in [-0.1, -0.05) is 0 Å². The standard InChI is InChI=1S/C4H8B2O6/c5-11-3(9)1(7)2(8)4(10)12-6/h1-2,7-8H,5-6H2. The summed E-state index contributed by atoms with van der Waals surface area (Å²) in [7, 11) is 2.05. The van der Waals surface area contributed by atoms with Crippen molar-refractivity contribution in [3.63, 3.8) is 0 Å². The van der Waals surface area contributed by atoms with E-state index in [1.165, 1.54) is 0 Å². The normalized spacial score (nSPS) is 14.5. The summed E-state index contributed by atoms with van der Waals surface area (Å²) in [5.74, 6) is -2.18. The maximum Gasteiger partial charge on any atom is 0.326 e. The van der Waals surface area contributed by atoms with E-state index < -0.39 is 24.1 Å². The van der Waals surface area contributed by atoms with Crippen LogP contribution in [0.2, 0.25) is 0 Å². The van der Waals surface area contributed by atoms with Crippen molar-refractivity contribution in [3.8, 4) is 0 Å². The van der Waals surface area contributed by atoms with E-state index in [1.807, 2.05) is 0 Å². The largest absolute Gasteiger partial charge is 0.541 e. The summed E-state index contributed by atoms with van der Waals surface area (Å²) in [4.78, 5) is 21.1. The van der Waals surface area contributed by atoms with Gasteiger partial charge in [0, 0.05) is 0 Å². The molecule has 2 unspecified atom stereocenters. The number of carbonyl (C=O) groups excluding carboxylic acids is 2. The molecule has 0 spiro atoms. The number of hydrogen-bond donors (Lipinski definition) is 2. The molecule has 12 heavy (non-hydrogen) atoms. The zero-order valence-corrected chi connectivity index (χ0v) is 6.68. The number of hydrogen-bond acceptors (Lipinski definition) is 6. The Bertz CT molecular complexity index is 162. The third-order valence-corrected chi connectivity index (χ3v) is 1.18. The lowest BCUT2D eigenvalue weighted by atomic mass is 10.2. The molecule has 2 atom stereocenters. The molecule has 0 saturated carbocycles. The first-order chi connectivity index (χ1) is 5.54. The molecule has 0 aromatic carbocycles. The van der Waals surface area contributed by atoms with Crippen molar-refractivity contribution in [2.45, 2.75) is 12.2 Å². The van der Waals surface area contributed by atoms with Crippen LogP contribution in [0.4, 0.5) is 0 Å². The maximum absolute atomic E-state index is 10.5. The van der Waals surface area contributed by atoms with E-state index in [-0.39, 0.29) is 0 Å². The first-order valence-corrected chi connectivity index (χ1v) is 3.06. The predicted molar refractivity (Wildman–Crippen MR) is 41.3 cm³/mol. The highest BCUT2D eigenvalue weighted by Gasteiger charge is 2.30. The minimum Gasteiger partial charge on any atom is -0.541 e. The molecule has 0 aromatic rings. The van der Waals surface area contributed by atoms with Crippen LogP contribution >= 0.6 is 0 Å². The fourth-order valence-corrected chi connectivity index (χ4v) is 0.499. The second-order valence-electron chi connectivity index (χ2n) is 1.94. The molecule has 0 saturated heterocycles. The Hall–Kier alpha value is -1.01. The average Bonchev–Trinajstić information content (AvgIpc) is 2.12. The summed E-state index contributed by atoms with van der Waals surface area (Å²) >= 11 is 0. The fraction of sp³-hybridized carbons (Fsp3) is 0.500. The molecule has 0 aliphatic heterocycles. The van der Waals surface area contributed by atoms with Gasteiger partial charge in [0.15, 0.2) is 12.2 Å². The van der Waals surface area contributed by atoms with E-state index in [9.17, 15) is 9.59 Å². The number of aliphatic hydroxyl groups is 2. The van der Waals surface area contributed by atoms with Gasteiger partial charge in [0.05, 0.1) is 0 Å². The van der Waals surface area contributed by atoms with Crippen molar-refractivity contribution >= 4 is 28.0 Å². The lowest BCUT2D eigenvalue weighted by Gasteiger charge is -2.13. The molecular weight excluding hydrogens is 166 g/mol. The van der Waals surface area contributed by atoms with E-state index in [0.29, 0.717) is 0 Å². The molecular formula is C4H8B2O6. The Morgan fingerprint density at radius 1 is 1.00 bits per heavy atom. The summed E-state index contributed by atoms with van der Waals surface area (Å²) in [6, 6.07) is 0. The van der Waals surface area contributed by atoms with Crippen LogP contribution in [-0.4, -0.2) is 50.5 Å². The molecule has 0 fully saturated rings. The summed E-state index contributed by atoms with van der Waals surface area (Å²) in [5.41, 5.74) is 0. The minimum absolute atomic E-state index is 1.02. The van der Waals surface area contributed by atoms with Gasteiger partial charge in [-0.3, -0.25) is 9.59 Å². The Balaban J connectivity index is 4.18. The van der Waals surface area contributed by atoms with Gasteiger partial charge in [-0.15, -0.1) is 0 Å². The Labute approximate surface area is 70.3 Å². The van der Waals surface area contributed by atoms with Gasteiger partial charge in [-0.2, -0.15) is 0 Å². The predicted octanol–water partition coefficient (Wildman–Crippen LogP) is -4.11. The zero-order valence-electron chi connectivity index (χ0n) is 6.68. The molecule has 2 N–H and O–H groups in total. The Morgan fingerprint density at radius 2 is 1.25 bits per heavy atom. The van der Waals surface area contributed by atoms with E-state index >= 15 is 0 Å². The topological polar surface area (TPSA) is 93.1 Å². The van der Waals surface area contributed by atoms with Crippen LogP contribution in [0.25, 0.3) is 0 Å². The molecule has 6 nitrogen and oxygen atoms in total. The van der Waals surface area contributed by atoms with Crippen LogP contribution in [0.5, 0.6) is 0 Å². The summed E-state index contributed by atoms with van der Waals surface area (Å²) in [6.45, 7) is 0.